The second kappa shape index (κ2) is 8.26. The molecule has 1 saturated heterocycles. The zero-order chi connectivity index (χ0) is 19.4. The summed E-state index contributed by atoms with van der Waals surface area (Å²) >= 11 is 5.05. The Morgan fingerprint density at radius 3 is 2.19 bits per heavy atom. The first-order valence-corrected chi connectivity index (χ1v) is 9.93. The molecule has 0 aliphatic carbocycles. The summed E-state index contributed by atoms with van der Waals surface area (Å²) in [5.41, 5.74) is 0.117. The van der Waals surface area contributed by atoms with Gasteiger partial charge in [-0.05, 0) is 48.6 Å². The highest BCUT2D eigenvalue weighted by atomic mass is 32.2. The third-order valence-corrected chi connectivity index (χ3v) is 6.04. The maximum Gasteiger partial charge on any atom is 0.243 e. The number of nitrogens with one attached hydrogen (secondary N) is 2. The maximum atomic E-state index is 13.6. The first-order valence-electron chi connectivity index (χ1n) is 8.08. The van der Waals surface area contributed by atoms with Crippen LogP contribution in [0.4, 0.5) is 20.2 Å². The predicted molar refractivity (Wildman–Crippen MR) is 102 cm³/mol. The van der Waals surface area contributed by atoms with Gasteiger partial charge in [0.25, 0.3) is 0 Å². The van der Waals surface area contributed by atoms with Gasteiger partial charge in [0.15, 0.2) is 5.11 Å². The molecule has 0 bridgehead atoms. The molecule has 6 nitrogen and oxygen atoms in total. The van der Waals surface area contributed by atoms with Crippen molar-refractivity contribution >= 4 is 38.7 Å². The van der Waals surface area contributed by atoms with Gasteiger partial charge < -0.3 is 15.4 Å². The van der Waals surface area contributed by atoms with Gasteiger partial charge in [-0.25, -0.2) is 17.2 Å². The summed E-state index contributed by atoms with van der Waals surface area (Å²) in [6.45, 7) is 1.35. The van der Waals surface area contributed by atoms with E-state index in [-0.39, 0.29) is 15.7 Å². The number of morpholine rings is 1. The summed E-state index contributed by atoms with van der Waals surface area (Å²) < 4.78 is 58.9. The minimum absolute atomic E-state index is 0.0252. The van der Waals surface area contributed by atoms with Crippen LogP contribution in [0, 0.1) is 11.6 Å². The van der Waals surface area contributed by atoms with Crippen LogP contribution in [0.2, 0.25) is 0 Å². The van der Waals surface area contributed by atoms with Crippen LogP contribution in [0.15, 0.2) is 47.4 Å². The molecule has 144 valence electrons. The number of halogens is 2. The minimum Gasteiger partial charge on any atom is -0.379 e. The fraction of sp³-hybridized carbons (Fsp3) is 0.235. The Kier molecular flexibility index (Phi) is 6.00. The third-order valence-electron chi connectivity index (χ3n) is 3.92. The maximum absolute atomic E-state index is 13.6. The van der Waals surface area contributed by atoms with Gasteiger partial charge in [0.1, 0.15) is 17.3 Å². The van der Waals surface area contributed by atoms with Gasteiger partial charge in [0.2, 0.25) is 10.0 Å². The minimum atomic E-state index is -3.59. The summed E-state index contributed by atoms with van der Waals surface area (Å²) in [6.07, 6.45) is 0. The second-order valence-corrected chi connectivity index (χ2v) is 8.06. The zero-order valence-electron chi connectivity index (χ0n) is 14.1. The van der Waals surface area contributed by atoms with Crippen molar-refractivity contribution in [2.75, 3.05) is 36.9 Å². The summed E-state index contributed by atoms with van der Waals surface area (Å²) in [6, 6.07) is 9.41. The molecule has 0 amide bonds. The van der Waals surface area contributed by atoms with E-state index < -0.39 is 21.7 Å². The summed E-state index contributed by atoms with van der Waals surface area (Å²) in [5, 5.41) is 5.19. The molecular formula is C17H17F2N3O3S2. The molecule has 0 radical (unpaired) electrons. The number of benzene rings is 2. The summed E-state index contributed by atoms with van der Waals surface area (Å²) in [7, 11) is -3.59. The molecule has 0 atom stereocenters. The molecule has 3 rings (SSSR count). The zero-order valence-corrected chi connectivity index (χ0v) is 15.7. The van der Waals surface area contributed by atoms with Crippen LogP contribution in [0.3, 0.4) is 0 Å². The molecule has 0 spiro atoms. The van der Waals surface area contributed by atoms with Gasteiger partial charge in [-0.15, -0.1) is 0 Å². The van der Waals surface area contributed by atoms with Gasteiger partial charge in [0.05, 0.1) is 18.1 Å². The van der Waals surface area contributed by atoms with Crippen LogP contribution in [-0.2, 0) is 14.8 Å². The lowest BCUT2D eigenvalue weighted by Gasteiger charge is -2.26. The van der Waals surface area contributed by atoms with Gasteiger partial charge in [-0.3, -0.25) is 0 Å². The highest BCUT2D eigenvalue weighted by molar-refractivity contribution is 7.89. The van der Waals surface area contributed by atoms with Crippen LogP contribution < -0.4 is 10.6 Å². The fourth-order valence-electron chi connectivity index (χ4n) is 2.54. The summed E-state index contributed by atoms with van der Waals surface area (Å²) in [5.74, 6) is -1.54. The van der Waals surface area contributed by atoms with Crippen molar-refractivity contribution in [1.82, 2.24) is 4.31 Å². The molecule has 1 heterocycles. The number of sulfonamides is 1. The van der Waals surface area contributed by atoms with E-state index in [0.717, 1.165) is 12.1 Å². The van der Waals surface area contributed by atoms with Crippen molar-refractivity contribution in [2.45, 2.75) is 4.90 Å². The molecule has 0 aromatic heterocycles. The van der Waals surface area contributed by atoms with E-state index in [1.165, 1.54) is 34.6 Å². The van der Waals surface area contributed by atoms with E-state index in [4.69, 9.17) is 17.0 Å². The predicted octanol–water partition coefficient (Wildman–Crippen LogP) is 2.79. The van der Waals surface area contributed by atoms with Crippen LogP contribution in [-0.4, -0.2) is 44.1 Å². The molecule has 27 heavy (non-hydrogen) atoms. The molecule has 0 saturated carbocycles. The number of hydrogen-bond donors (Lipinski definition) is 2. The molecule has 1 fully saturated rings. The van der Waals surface area contributed by atoms with Crippen LogP contribution in [0.5, 0.6) is 0 Å². The largest absolute Gasteiger partial charge is 0.379 e. The molecular weight excluding hydrogens is 396 g/mol. The number of para-hydroxylation sites is 1. The normalized spacial score (nSPS) is 15.3. The first kappa shape index (κ1) is 19.6. The third kappa shape index (κ3) is 4.59. The highest BCUT2D eigenvalue weighted by Gasteiger charge is 2.26. The molecule has 1 aliphatic heterocycles. The number of anilines is 2. The van der Waals surface area contributed by atoms with Crippen molar-refractivity contribution < 1.29 is 21.9 Å². The smallest absolute Gasteiger partial charge is 0.243 e. The van der Waals surface area contributed by atoms with Crippen molar-refractivity contribution in [3.63, 3.8) is 0 Å². The molecule has 2 aromatic rings. The Hall–Kier alpha value is -2.14. The van der Waals surface area contributed by atoms with E-state index in [1.807, 2.05) is 0 Å². The topological polar surface area (TPSA) is 70.7 Å². The molecule has 1 aliphatic rings. The first-order chi connectivity index (χ1) is 12.9. The highest BCUT2D eigenvalue weighted by Crippen LogP contribution is 2.21. The van der Waals surface area contributed by atoms with Crippen molar-refractivity contribution in [1.29, 1.82) is 0 Å². The fourth-order valence-corrected chi connectivity index (χ4v) is 4.17. The van der Waals surface area contributed by atoms with E-state index in [0.29, 0.717) is 32.0 Å². The van der Waals surface area contributed by atoms with E-state index >= 15 is 0 Å². The SMILES string of the molecule is O=S(=O)(c1ccc(NC(=S)Nc2c(F)cccc2F)cc1)N1CCOCC1. The second-order valence-electron chi connectivity index (χ2n) is 5.72. The van der Waals surface area contributed by atoms with Gasteiger partial charge in [-0.2, -0.15) is 4.31 Å². The molecule has 0 unspecified atom stereocenters. The van der Waals surface area contributed by atoms with Gasteiger partial charge >= 0.3 is 0 Å². The van der Waals surface area contributed by atoms with E-state index in [1.54, 1.807) is 0 Å². The average molecular weight is 413 g/mol. The Morgan fingerprint density at radius 1 is 1.00 bits per heavy atom. The Morgan fingerprint density at radius 2 is 1.59 bits per heavy atom. The van der Waals surface area contributed by atoms with Gasteiger partial charge in [-0.1, -0.05) is 6.07 Å². The number of rotatable bonds is 4. The molecule has 2 aromatic carbocycles. The van der Waals surface area contributed by atoms with Crippen LogP contribution >= 0.6 is 12.2 Å². The summed E-state index contributed by atoms with van der Waals surface area (Å²) in [4.78, 5) is 0.147. The Labute approximate surface area is 161 Å². The monoisotopic (exact) mass is 413 g/mol. The molecule has 2 N–H and O–H groups in total. The molecule has 10 heteroatoms. The number of ether oxygens (including phenoxy) is 1. The number of thiocarbonyl (C=S) groups is 1. The van der Waals surface area contributed by atoms with Crippen molar-refractivity contribution in [3.05, 3.63) is 54.1 Å². The lowest BCUT2D eigenvalue weighted by Crippen LogP contribution is -2.40. The standard InChI is InChI=1S/C17H17F2N3O3S2/c18-14-2-1-3-15(19)16(14)21-17(26)20-12-4-6-13(7-5-12)27(23,24)22-8-10-25-11-9-22/h1-7H,8-11H2,(H2,20,21,26). The Balaban J connectivity index is 1.68. The number of nitrogens with zero attached hydrogens (tertiary/aromatic N) is 1. The van der Waals surface area contributed by atoms with Crippen molar-refractivity contribution in [3.8, 4) is 0 Å². The van der Waals surface area contributed by atoms with Gasteiger partial charge in [0, 0.05) is 18.8 Å². The van der Waals surface area contributed by atoms with Crippen molar-refractivity contribution in [2.24, 2.45) is 0 Å². The van der Waals surface area contributed by atoms with Crippen LogP contribution in [0.1, 0.15) is 0 Å². The Bertz CT molecular complexity index is 911. The lowest BCUT2D eigenvalue weighted by molar-refractivity contribution is 0.0730. The van der Waals surface area contributed by atoms with Crippen LogP contribution in [0.25, 0.3) is 0 Å². The van der Waals surface area contributed by atoms with E-state index in [2.05, 4.69) is 10.6 Å². The quantitative estimate of drug-likeness (QED) is 0.752. The number of hydrogen-bond acceptors (Lipinski definition) is 4. The average Bonchev–Trinajstić information content (AvgIpc) is 2.66. The lowest BCUT2D eigenvalue weighted by atomic mass is 10.3. The van der Waals surface area contributed by atoms with E-state index in [9.17, 15) is 17.2 Å².